The fourth-order valence-corrected chi connectivity index (χ4v) is 3.39. The Kier molecular flexibility index (Phi) is 4.44. The lowest BCUT2D eigenvalue weighted by Gasteiger charge is -2.18. The van der Waals surface area contributed by atoms with Gasteiger partial charge in [0.1, 0.15) is 5.82 Å². The molecule has 0 spiro atoms. The van der Waals surface area contributed by atoms with Crippen molar-refractivity contribution in [2.45, 2.75) is 19.5 Å². The molecule has 5 nitrogen and oxygen atoms in total. The minimum atomic E-state index is -0.0437. The molecule has 1 aromatic heterocycles. The number of nitrogens with one attached hydrogen (secondary N) is 1. The van der Waals surface area contributed by atoms with E-state index in [1.165, 1.54) is 11.1 Å². The van der Waals surface area contributed by atoms with Gasteiger partial charge in [0.05, 0.1) is 0 Å². The van der Waals surface area contributed by atoms with Crippen molar-refractivity contribution in [1.82, 2.24) is 14.9 Å². The van der Waals surface area contributed by atoms with Crippen molar-refractivity contribution in [2.24, 2.45) is 7.05 Å². The number of imidazole rings is 1. The van der Waals surface area contributed by atoms with Crippen LogP contribution in [0.3, 0.4) is 0 Å². The number of carbonyl (C=O) groups is 1. The molecule has 26 heavy (non-hydrogen) atoms. The molecule has 0 bridgehead atoms. The second-order valence-corrected chi connectivity index (χ2v) is 6.64. The topological polar surface area (TPSA) is 50.2 Å². The van der Waals surface area contributed by atoms with Gasteiger partial charge in [-0.2, -0.15) is 0 Å². The fraction of sp³-hybridized carbons (Fsp3) is 0.238. The van der Waals surface area contributed by atoms with E-state index in [9.17, 15) is 4.79 Å². The van der Waals surface area contributed by atoms with Gasteiger partial charge in [0.15, 0.2) is 0 Å². The van der Waals surface area contributed by atoms with E-state index in [1.807, 2.05) is 36.0 Å². The smallest absolute Gasteiger partial charge is 0.251 e. The number of aromatic nitrogens is 2. The maximum atomic E-state index is 12.5. The van der Waals surface area contributed by atoms with Gasteiger partial charge in [-0.3, -0.25) is 4.79 Å². The van der Waals surface area contributed by atoms with E-state index in [0.29, 0.717) is 12.1 Å². The van der Waals surface area contributed by atoms with Crippen molar-refractivity contribution in [3.8, 4) is 0 Å². The summed E-state index contributed by atoms with van der Waals surface area (Å²) in [4.78, 5) is 19.1. The number of hydrogen-bond acceptors (Lipinski definition) is 3. The lowest BCUT2D eigenvalue weighted by atomic mass is 10.1. The highest BCUT2D eigenvalue weighted by molar-refractivity contribution is 5.95. The number of anilines is 1. The molecule has 132 valence electrons. The average molecular weight is 346 g/mol. The van der Waals surface area contributed by atoms with Crippen molar-refractivity contribution in [3.05, 3.63) is 83.4 Å². The van der Waals surface area contributed by atoms with E-state index in [0.717, 1.165) is 31.0 Å². The van der Waals surface area contributed by atoms with Crippen LogP contribution < -0.4 is 10.2 Å². The number of aryl methyl sites for hydroxylation is 1. The molecule has 0 saturated heterocycles. The molecule has 1 N–H and O–H groups in total. The van der Waals surface area contributed by atoms with E-state index in [1.54, 1.807) is 6.20 Å². The third-order valence-electron chi connectivity index (χ3n) is 4.87. The second kappa shape index (κ2) is 7.04. The van der Waals surface area contributed by atoms with Gasteiger partial charge in [0, 0.05) is 56.7 Å². The van der Waals surface area contributed by atoms with Crippen LogP contribution in [0.4, 0.5) is 5.69 Å². The van der Waals surface area contributed by atoms with E-state index in [2.05, 4.69) is 45.5 Å². The Morgan fingerprint density at radius 1 is 1.12 bits per heavy atom. The predicted octanol–water partition coefficient (Wildman–Crippen LogP) is 2.91. The third-order valence-corrected chi connectivity index (χ3v) is 4.87. The van der Waals surface area contributed by atoms with Crippen LogP contribution in [0.5, 0.6) is 0 Å². The molecule has 0 saturated carbocycles. The number of hydrogen-bond donors (Lipinski definition) is 1. The first-order valence-electron chi connectivity index (χ1n) is 8.87. The van der Waals surface area contributed by atoms with Gasteiger partial charge < -0.3 is 14.8 Å². The summed E-state index contributed by atoms with van der Waals surface area (Å²) in [7, 11) is 1.96. The molecule has 1 aliphatic heterocycles. The van der Waals surface area contributed by atoms with E-state index in [4.69, 9.17) is 0 Å². The Morgan fingerprint density at radius 2 is 1.88 bits per heavy atom. The molecule has 0 atom stereocenters. The van der Waals surface area contributed by atoms with Crippen molar-refractivity contribution >= 4 is 11.6 Å². The van der Waals surface area contributed by atoms with E-state index >= 15 is 0 Å². The highest BCUT2D eigenvalue weighted by Gasteiger charge is 2.19. The molecule has 2 aromatic carbocycles. The first kappa shape index (κ1) is 16.4. The minimum absolute atomic E-state index is 0.0437. The quantitative estimate of drug-likeness (QED) is 0.773. The molecule has 1 aliphatic rings. The maximum Gasteiger partial charge on any atom is 0.251 e. The molecule has 2 heterocycles. The molecule has 0 unspecified atom stereocenters. The summed E-state index contributed by atoms with van der Waals surface area (Å²) >= 11 is 0. The number of benzene rings is 2. The van der Waals surface area contributed by atoms with Crippen LogP contribution in [0.25, 0.3) is 0 Å². The molecule has 4 rings (SSSR count). The lowest BCUT2D eigenvalue weighted by molar-refractivity contribution is 0.0954. The van der Waals surface area contributed by atoms with Crippen LogP contribution in [0.2, 0.25) is 0 Å². The van der Waals surface area contributed by atoms with Gasteiger partial charge in [0.25, 0.3) is 5.91 Å². The Bertz CT molecular complexity index is 906. The van der Waals surface area contributed by atoms with Crippen molar-refractivity contribution < 1.29 is 4.79 Å². The van der Waals surface area contributed by atoms with Crippen molar-refractivity contribution in [1.29, 1.82) is 0 Å². The Morgan fingerprint density at radius 3 is 2.58 bits per heavy atom. The third kappa shape index (κ3) is 3.33. The summed E-state index contributed by atoms with van der Waals surface area (Å²) in [6.07, 6.45) is 4.40. The zero-order valence-electron chi connectivity index (χ0n) is 14.9. The number of amides is 1. The average Bonchev–Trinajstić information content (AvgIpc) is 3.28. The SMILES string of the molecule is Cn1ccnc1CCNC(=O)c1cccc(N2Cc3ccccc3C2)c1. The molecule has 0 radical (unpaired) electrons. The van der Waals surface area contributed by atoms with Crippen LogP contribution in [0.15, 0.2) is 60.9 Å². The molecule has 5 heteroatoms. The summed E-state index contributed by atoms with van der Waals surface area (Å²) in [5, 5.41) is 2.99. The number of nitrogens with zero attached hydrogens (tertiary/aromatic N) is 3. The second-order valence-electron chi connectivity index (χ2n) is 6.64. The maximum absolute atomic E-state index is 12.5. The predicted molar refractivity (Wildman–Crippen MR) is 102 cm³/mol. The standard InChI is InChI=1S/C21H22N4O/c1-24-12-11-22-20(24)9-10-23-21(26)16-7-4-8-19(13-16)25-14-17-5-2-3-6-18(17)15-25/h2-8,11-13H,9-10,14-15H2,1H3,(H,23,26). The molecule has 0 aliphatic carbocycles. The van der Waals surface area contributed by atoms with Crippen LogP contribution in [-0.2, 0) is 26.6 Å². The van der Waals surface area contributed by atoms with Crippen LogP contribution in [0.1, 0.15) is 27.3 Å². The first-order chi connectivity index (χ1) is 12.7. The van der Waals surface area contributed by atoms with Crippen LogP contribution in [0, 0.1) is 0 Å². The van der Waals surface area contributed by atoms with Gasteiger partial charge in [-0.15, -0.1) is 0 Å². The summed E-state index contributed by atoms with van der Waals surface area (Å²) in [6, 6.07) is 16.3. The monoisotopic (exact) mass is 346 g/mol. The number of fused-ring (bicyclic) bond motifs is 1. The number of carbonyl (C=O) groups excluding carboxylic acids is 1. The fourth-order valence-electron chi connectivity index (χ4n) is 3.39. The van der Waals surface area contributed by atoms with Gasteiger partial charge in [-0.25, -0.2) is 4.98 Å². The summed E-state index contributed by atoms with van der Waals surface area (Å²) in [5.41, 5.74) is 4.49. The zero-order valence-corrected chi connectivity index (χ0v) is 14.9. The van der Waals surface area contributed by atoms with Gasteiger partial charge in [-0.05, 0) is 29.3 Å². The molecular formula is C21H22N4O. The summed E-state index contributed by atoms with van der Waals surface area (Å²) in [6.45, 7) is 2.35. The minimum Gasteiger partial charge on any atom is -0.363 e. The zero-order chi connectivity index (χ0) is 17.9. The van der Waals surface area contributed by atoms with Crippen LogP contribution >= 0.6 is 0 Å². The largest absolute Gasteiger partial charge is 0.363 e. The summed E-state index contributed by atoms with van der Waals surface area (Å²) in [5.74, 6) is 0.923. The Hall–Kier alpha value is -3.08. The highest BCUT2D eigenvalue weighted by atomic mass is 16.1. The van der Waals surface area contributed by atoms with Gasteiger partial charge in [-0.1, -0.05) is 30.3 Å². The molecule has 0 fully saturated rings. The normalized spacial score (nSPS) is 12.9. The molecular weight excluding hydrogens is 324 g/mol. The van der Waals surface area contributed by atoms with Crippen LogP contribution in [-0.4, -0.2) is 22.0 Å². The summed E-state index contributed by atoms with van der Waals surface area (Å²) < 4.78 is 1.97. The van der Waals surface area contributed by atoms with Crippen molar-refractivity contribution in [3.63, 3.8) is 0 Å². The Labute approximate surface area is 153 Å². The first-order valence-corrected chi connectivity index (χ1v) is 8.87. The van der Waals surface area contributed by atoms with Crippen molar-refractivity contribution in [2.75, 3.05) is 11.4 Å². The molecule has 3 aromatic rings. The number of rotatable bonds is 5. The highest BCUT2D eigenvalue weighted by Crippen LogP contribution is 2.28. The van der Waals surface area contributed by atoms with Gasteiger partial charge >= 0.3 is 0 Å². The Balaban J connectivity index is 1.40. The van der Waals surface area contributed by atoms with E-state index < -0.39 is 0 Å². The van der Waals surface area contributed by atoms with E-state index in [-0.39, 0.29) is 5.91 Å². The van der Waals surface area contributed by atoms with Gasteiger partial charge in [0.2, 0.25) is 0 Å². The lowest BCUT2D eigenvalue weighted by Crippen LogP contribution is -2.26. The molecule has 1 amide bonds.